The van der Waals surface area contributed by atoms with Crippen LogP contribution in [-0.2, 0) is 0 Å². The number of ketones is 1. The van der Waals surface area contributed by atoms with Crippen molar-refractivity contribution in [3.05, 3.63) is 51.2 Å². The largest absolute Gasteiger partial charge is 0.496 e. The van der Waals surface area contributed by atoms with Gasteiger partial charge in [-0.25, -0.2) is 0 Å². The molecule has 0 bridgehead atoms. The Balaban J connectivity index is 2.35. The van der Waals surface area contributed by atoms with Gasteiger partial charge in [-0.1, -0.05) is 29.8 Å². The molecule has 1 unspecified atom stereocenters. The first-order valence-corrected chi connectivity index (χ1v) is 6.74. The molecular formula is C14H10ClNO2S. The minimum Gasteiger partial charge on any atom is -0.496 e. The number of ether oxygens (including phenoxy) is 1. The molecule has 0 saturated carbocycles. The first-order valence-electron chi connectivity index (χ1n) is 5.48. The molecule has 0 amide bonds. The van der Waals surface area contributed by atoms with Crippen molar-refractivity contribution in [3.8, 4) is 11.8 Å². The van der Waals surface area contributed by atoms with Gasteiger partial charge in [-0.15, -0.1) is 11.3 Å². The maximum atomic E-state index is 12.3. The van der Waals surface area contributed by atoms with Gasteiger partial charge in [0.15, 0.2) is 5.78 Å². The smallest absolute Gasteiger partial charge is 0.194 e. The highest BCUT2D eigenvalue weighted by Gasteiger charge is 2.25. The number of carbonyl (C=O) groups excluding carboxylic acids is 1. The van der Waals surface area contributed by atoms with Crippen molar-refractivity contribution in [2.45, 2.75) is 5.92 Å². The fourth-order valence-electron chi connectivity index (χ4n) is 1.68. The van der Waals surface area contributed by atoms with Gasteiger partial charge < -0.3 is 4.74 Å². The maximum Gasteiger partial charge on any atom is 0.194 e. The minimum atomic E-state index is -0.892. The van der Waals surface area contributed by atoms with Crippen molar-refractivity contribution in [3.63, 3.8) is 0 Å². The van der Waals surface area contributed by atoms with Gasteiger partial charge in [0.1, 0.15) is 11.7 Å². The first kappa shape index (κ1) is 13.6. The Kier molecular flexibility index (Phi) is 4.20. The van der Waals surface area contributed by atoms with Crippen LogP contribution in [0.15, 0.2) is 35.7 Å². The Morgan fingerprint density at radius 1 is 1.47 bits per heavy atom. The van der Waals surface area contributed by atoms with Crippen LogP contribution in [0.1, 0.15) is 21.2 Å². The van der Waals surface area contributed by atoms with E-state index in [9.17, 15) is 10.1 Å². The quantitative estimate of drug-likeness (QED) is 0.803. The van der Waals surface area contributed by atoms with Crippen LogP contribution in [0, 0.1) is 11.3 Å². The number of rotatable bonds is 4. The SMILES string of the molecule is COc1csc(C(=O)C(C#N)c2ccccc2Cl)c1. The van der Waals surface area contributed by atoms with Gasteiger partial charge in [0.2, 0.25) is 0 Å². The Bertz CT molecular complexity index is 645. The van der Waals surface area contributed by atoms with Gasteiger partial charge >= 0.3 is 0 Å². The molecule has 19 heavy (non-hydrogen) atoms. The molecule has 0 aliphatic heterocycles. The molecule has 2 rings (SSSR count). The molecule has 1 aromatic carbocycles. The first-order chi connectivity index (χ1) is 9.17. The van der Waals surface area contributed by atoms with Gasteiger partial charge in [-0.05, 0) is 11.6 Å². The predicted molar refractivity (Wildman–Crippen MR) is 75.0 cm³/mol. The van der Waals surface area contributed by atoms with E-state index in [-0.39, 0.29) is 5.78 Å². The molecule has 5 heteroatoms. The van der Waals surface area contributed by atoms with Crippen molar-refractivity contribution in [2.75, 3.05) is 7.11 Å². The summed E-state index contributed by atoms with van der Waals surface area (Å²) in [6.07, 6.45) is 0. The Morgan fingerprint density at radius 2 is 2.21 bits per heavy atom. The summed E-state index contributed by atoms with van der Waals surface area (Å²) in [4.78, 5) is 12.8. The lowest BCUT2D eigenvalue weighted by Crippen LogP contribution is -2.10. The average Bonchev–Trinajstić information content (AvgIpc) is 2.90. The zero-order valence-corrected chi connectivity index (χ0v) is 11.7. The Hall–Kier alpha value is -1.83. The molecule has 0 N–H and O–H groups in total. The minimum absolute atomic E-state index is 0.260. The van der Waals surface area contributed by atoms with E-state index in [4.69, 9.17) is 16.3 Å². The van der Waals surface area contributed by atoms with Crippen molar-refractivity contribution in [1.82, 2.24) is 0 Å². The maximum absolute atomic E-state index is 12.3. The van der Waals surface area contributed by atoms with Crippen LogP contribution in [0.3, 0.4) is 0 Å². The van der Waals surface area contributed by atoms with Crippen LogP contribution in [0.2, 0.25) is 5.02 Å². The predicted octanol–water partition coefficient (Wildman–Crippen LogP) is 3.90. The molecule has 3 nitrogen and oxygen atoms in total. The highest BCUT2D eigenvalue weighted by atomic mass is 35.5. The second kappa shape index (κ2) is 5.87. The van der Waals surface area contributed by atoms with E-state index in [1.54, 1.807) is 35.7 Å². The molecule has 0 fully saturated rings. The van der Waals surface area contributed by atoms with Crippen molar-refractivity contribution in [1.29, 1.82) is 5.26 Å². The third-order valence-electron chi connectivity index (χ3n) is 2.66. The summed E-state index contributed by atoms with van der Waals surface area (Å²) in [5.41, 5.74) is 0.532. The van der Waals surface area contributed by atoms with E-state index in [1.165, 1.54) is 18.4 Å². The standard InChI is InChI=1S/C14H10ClNO2S/c1-18-9-6-13(19-8-9)14(17)11(7-16)10-4-2-3-5-12(10)15/h2-6,8,11H,1H3. The van der Waals surface area contributed by atoms with Crippen molar-refractivity contribution in [2.24, 2.45) is 0 Å². The third kappa shape index (κ3) is 2.78. The van der Waals surface area contributed by atoms with Crippen LogP contribution in [0.5, 0.6) is 5.75 Å². The number of halogens is 1. The molecule has 0 saturated heterocycles. The molecule has 0 aliphatic rings. The monoisotopic (exact) mass is 291 g/mol. The van der Waals surface area contributed by atoms with Gasteiger partial charge in [0.25, 0.3) is 0 Å². The van der Waals surface area contributed by atoms with Crippen LogP contribution in [0.25, 0.3) is 0 Å². The fraction of sp³-hybridized carbons (Fsp3) is 0.143. The highest BCUT2D eigenvalue weighted by molar-refractivity contribution is 7.12. The van der Waals surface area contributed by atoms with Crippen LogP contribution in [-0.4, -0.2) is 12.9 Å². The van der Waals surface area contributed by atoms with Crippen LogP contribution in [0.4, 0.5) is 0 Å². The second-order valence-corrected chi connectivity index (χ2v) is 5.12. The molecule has 2 aromatic rings. The number of Topliss-reactive ketones (excluding diaryl/α,β-unsaturated/α-hetero) is 1. The van der Waals surface area contributed by atoms with E-state index in [0.717, 1.165) is 0 Å². The summed E-state index contributed by atoms with van der Waals surface area (Å²) in [6.45, 7) is 0. The van der Waals surface area contributed by atoms with Crippen molar-refractivity contribution < 1.29 is 9.53 Å². The molecule has 1 atom stereocenters. The normalized spacial score (nSPS) is 11.6. The molecule has 0 spiro atoms. The van der Waals surface area contributed by atoms with Crippen molar-refractivity contribution >= 4 is 28.7 Å². The van der Waals surface area contributed by atoms with Crippen LogP contribution >= 0.6 is 22.9 Å². The number of thiophene rings is 1. The van der Waals surface area contributed by atoms with E-state index < -0.39 is 5.92 Å². The molecule has 1 aromatic heterocycles. The van der Waals surface area contributed by atoms with Gasteiger partial charge in [-0.2, -0.15) is 5.26 Å². The fourth-order valence-corrected chi connectivity index (χ4v) is 2.75. The molecule has 0 aliphatic carbocycles. The van der Waals surface area contributed by atoms with E-state index in [1.807, 2.05) is 6.07 Å². The van der Waals surface area contributed by atoms with Gasteiger partial charge in [-0.3, -0.25) is 4.79 Å². The zero-order chi connectivity index (χ0) is 13.8. The lowest BCUT2D eigenvalue weighted by molar-refractivity contribution is 0.0982. The number of carbonyl (C=O) groups is 1. The second-order valence-electron chi connectivity index (χ2n) is 3.80. The Labute approximate surface area is 120 Å². The number of nitriles is 1. The molecule has 96 valence electrons. The van der Waals surface area contributed by atoms with Gasteiger partial charge in [0, 0.05) is 16.5 Å². The summed E-state index contributed by atoms with van der Waals surface area (Å²) in [6, 6.07) is 10.5. The summed E-state index contributed by atoms with van der Waals surface area (Å²) >= 11 is 7.29. The molecule has 0 radical (unpaired) electrons. The number of methoxy groups -OCH3 is 1. The zero-order valence-electron chi connectivity index (χ0n) is 10.1. The van der Waals surface area contributed by atoms with E-state index >= 15 is 0 Å². The number of nitrogens with zero attached hydrogens (tertiary/aromatic N) is 1. The lowest BCUT2D eigenvalue weighted by Gasteiger charge is -2.08. The van der Waals surface area contributed by atoms with Crippen LogP contribution < -0.4 is 4.74 Å². The average molecular weight is 292 g/mol. The topological polar surface area (TPSA) is 50.1 Å². The van der Waals surface area contributed by atoms with E-state index in [0.29, 0.717) is 21.2 Å². The number of benzene rings is 1. The summed E-state index contributed by atoms with van der Waals surface area (Å²) in [5.74, 6) is -0.537. The highest BCUT2D eigenvalue weighted by Crippen LogP contribution is 2.30. The molecular weight excluding hydrogens is 282 g/mol. The molecule has 1 heterocycles. The summed E-state index contributed by atoms with van der Waals surface area (Å²) < 4.78 is 5.04. The Morgan fingerprint density at radius 3 is 2.79 bits per heavy atom. The van der Waals surface area contributed by atoms with Gasteiger partial charge in [0.05, 0.1) is 18.1 Å². The summed E-state index contributed by atoms with van der Waals surface area (Å²) in [5, 5.41) is 11.4. The number of hydrogen-bond donors (Lipinski definition) is 0. The third-order valence-corrected chi connectivity index (χ3v) is 3.93. The number of hydrogen-bond acceptors (Lipinski definition) is 4. The lowest BCUT2D eigenvalue weighted by atomic mass is 9.95. The van der Waals surface area contributed by atoms with E-state index in [2.05, 4.69) is 0 Å². The summed E-state index contributed by atoms with van der Waals surface area (Å²) in [7, 11) is 1.53.